The van der Waals surface area contributed by atoms with Crippen molar-refractivity contribution in [2.75, 3.05) is 20.1 Å². The van der Waals surface area contributed by atoms with E-state index in [1.807, 2.05) is 0 Å². The Morgan fingerprint density at radius 1 is 1.62 bits per heavy atom. The van der Waals surface area contributed by atoms with Crippen LogP contribution in [0.2, 0.25) is 0 Å². The van der Waals surface area contributed by atoms with Gasteiger partial charge in [0.2, 0.25) is 0 Å². The van der Waals surface area contributed by atoms with Gasteiger partial charge in [0.15, 0.2) is 0 Å². The van der Waals surface area contributed by atoms with E-state index in [0.717, 1.165) is 4.90 Å². The summed E-state index contributed by atoms with van der Waals surface area (Å²) in [6, 6.07) is 0. The average molecular weight is 210 g/mol. The first-order valence-electron chi connectivity index (χ1n) is 3.57. The molecule has 7 nitrogen and oxygen atoms in total. The van der Waals surface area contributed by atoms with Gasteiger partial charge in [-0.15, -0.1) is 0 Å². The summed E-state index contributed by atoms with van der Waals surface area (Å²) < 4.78 is 11.0. The molecule has 0 radical (unpaired) electrons. The summed E-state index contributed by atoms with van der Waals surface area (Å²) in [6.07, 6.45) is 0. The zero-order valence-corrected chi connectivity index (χ0v) is 7.86. The normalized spacial score (nSPS) is 30.7. The van der Waals surface area contributed by atoms with E-state index in [0.29, 0.717) is 0 Å². The minimum absolute atomic E-state index is 0.244. The molecule has 0 aliphatic carbocycles. The summed E-state index contributed by atoms with van der Waals surface area (Å²) in [6.45, 7) is 0.533. The first-order chi connectivity index (χ1) is 5.82. The first kappa shape index (κ1) is 10.6. The molecule has 4 N–H and O–H groups in total. The maximum absolute atomic E-state index is 11.0. The predicted octanol–water partition coefficient (Wildman–Crippen LogP) is -1.56. The summed E-state index contributed by atoms with van der Waals surface area (Å²) in [4.78, 5) is 29.8. The van der Waals surface area contributed by atoms with Crippen molar-refractivity contribution in [2.24, 2.45) is 0 Å². The molecule has 1 unspecified atom stereocenters. The van der Waals surface area contributed by atoms with E-state index >= 15 is 0 Å². The lowest BCUT2D eigenvalue weighted by atomic mass is 10.5. The van der Waals surface area contributed by atoms with Crippen LogP contribution in [-0.4, -0.2) is 51.3 Å². The van der Waals surface area contributed by atoms with E-state index in [2.05, 4.69) is 5.32 Å². The minimum atomic E-state index is -4.74. The zero-order valence-electron chi connectivity index (χ0n) is 6.97. The number of nitrogens with zero attached hydrogens (tertiary/aromatic N) is 1. The number of carbonyl (C=O) groups is 1. The molecule has 1 aliphatic heterocycles. The van der Waals surface area contributed by atoms with Gasteiger partial charge in [0.1, 0.15) is 0 Å². The molecule has 8 heteroatoms. The number of likely N-dealkylation sites (N-methyl/N-ethyl adjacent to an activating group) is 1. The summed E-state index contributed by atoms with van der Waals surface area (Å²) >= 11 is 0. The van der Waals surface area contributed by atoms with Gasteiger partial charge in [-0.1, -0.05) is 0 Å². The fraction of sp³-hybridized carbons (Fsp3) is 0.800. The molecule has 1 rings (SSSR count). The Kier molecular flexibility index (Phi) is 2.48. The Hall–Kier alpha value is -0.460. The molecule has 0 saturated carbocycles. The third kappa shape index (κ3) is 1.38. The van der Waals surface area contributed by atoms with Crippen LogP contribution >= 0.6 is 7.60 Å². The van der Waals surface area contributed by atoms with Gasteiger partial charge in [-0.25, -0.2) is 4.79 Å². The maximum atomic E-state index is 11.0. The standard InChI is InChI=1S/C5H11N2O5P/c1-7-3-2-6-5(7,4(8)9)13(10,11)12/h6H,2-3H2,1H3,(H,8,9)(H2,10,11,12). The first-order valence-corrected chi connectivity index (χ1v) is 5.19. The second kappa shape index (κ2) is 3.04. The average Bonchev–Trinajstić information content (AvgIpc) is 2.29. The predicted molar refractivity (Wildman–Crippen MR) is 43.0 cm³/mol. The van der Waals surface area contributed by atoms with Crippen LogP contribution in [0, 0.1) is 0 Å². The fourth-order valence-electron chi connectivity index (χ4n) is 1.38. The van der Waals surface area contributed by atoms with Crippen molar-refractivity contribution in [1.82, 2.24) is 10.2 Å². The van der Waals surface area contributed by atoms with Gasteiger partial charge in [0, 0.05) is 13.1 Å². The monoisotopic (exact) mass is 210 g/mol. The van der Waals surface area contributed by atoms with Gasteiger partial charge in [0.25, 0.3) is 5.40 Å². The molecule has 1 heterocycles. The number of hydrogen-bond donors (Lipinski definition) is 4. The number of aliphatic carboxylic acids is 1. The van der Waals surface area contributed by atoms with Crippen molar-refractivity contribution in [3.8, 4) is 0 Å². The molecule has 0 aromatic carbocycles. The maximum Gasteiger partial charge on any atom is 0.372 e. The Balaban J connectivity index is 3.16. The molecule has 1 saturated heterocycles. The number of nitrogens with one attached hydrogen (secondary N) is 1. The molecule has 76 valence electrons. The number of carboxylic acids is 1. The lowest BCUT2D eigenvalue weighted by Crippen LogP contribution is -2.55. The minimum Gasteiger partial charge on any atom is -0.478 e. The van der Waals surface area contributed by atoms with Crippen molar-refractivity contribution >= 4 is 13.6 Å². The summed E-state index contributed by atoms with van der Waals surface area (Å²) in [5.74, 6) is -1.55. The summed E-state index contributed by atoms with van der Waals surface area (Å²) in [5.41, 5.74) is 0. The molecular formula is C5H11N2O5P. The lowest BCUT2D eigenvalue weighted by molar-refractivity contribution is -0.145. The molecule has 0 aromatic heterocycles. The van der Waals surface area contributed by atoms with Crippen LogP contribution in [0.5, 0.6) is 0 Å². The van der Waals surface area contributed by atoms with Crippen LogP contribution < -0.4 is 5.32 Å². The number of carboxylic acid groups (broad SMARTS) is 1. The fourth-order valence-corrected chi connectivity index (χ4v) is 2.50. The Morgan fingerprint density at radius 3 is 2.31 bits per heavy atom. The van der Waals surface area contributed by atoms with Gasteiger partial charge in [-0.2, -0.15) is 0 Å². The van der Waals surface area contributed by atoms with Crippen molar-refractivity contribution < 1.29 is 24.3 Å². The Bertz CT molecular complexity index is 276. The van der Waals surface area contributed by atoms with E-state index in [1.165, 1.54) is 7.05 Å². The van der Waals surface area contributed by atoms with Crippen LogP contribution in [-0.2, 0) is 9.36 Å². The SMILES string of the molecule is CN1CCNC1(C(=O)O)P(=O)(O)O. The molecule has 0 bridgehead atoms. The smallest absolute Gasteiger partial charge is 0.372 e. The van der Waals surface area contributed by atoms with Gasteiger partial charge in [-0.05, 0) is 7.05 Å². The summed E-state index contributed by atoms with van der Waals surface area (Å²) in [5, 5.41) is 8.85. The van der Waals surface area contributed by atoms with Gasteiger partial charge in [0.05, 0.1) is 0 Å². The highest BCUT2D eigenvalue weighted by Gasteiger charge is 2.59. The zero-order chi connectivity index (χ0) is 10.3. The molecular weight excluding hydrogens is 199 g/mol. The van der Waals surface area contributed by atoms with E-state index in [4.69, 9.17) is 14.9 Å². The largest absolute Gasteiger partial charge is 0.478 e. The van der Waals surface area contributed by atoms with Crippen LogP contribution in [0.1, 0.15) is 0 Å². The highest BCUT2D eigenvalue weighted by atomic mass is 31.2. The third-order valence-corrected chi connectivity index (χ3v) is 3.62. The van der Waals surface area contributed by atoms with Crippen LogP contribution in [0.25, 0.3) is 0 Å². The van der Waals surface area contributed by atoms with Gasteiger partial charge >= 0.3 is 13.6 Å². The van der Waals surface area contributed by atoms with Crippen molar-refractivity contribution in [3.05, 3.63) is 0 Å². The van der Waals surface area contributed by atoms with E-state index < -0.39 is 19.0 Å². The third-order valence-electron chi connectivity index (χ3n) is 2.09. The van der Waals surface area contributed by atoms with Crippen molar-refractivity contribution in [3.63, 3.8) is 0 Å². The molecule has 0 spiro atoms. The van der Waals surface area contributed by atoms with Gasteiger partial charge in [-0.3, -0.25) is 14.8 Å². The molecule has 13 heavy (non-hydrogen) atoms. The molecule has 0 aromatic rings. The van der Waals surface area contributed by atoms with E-state index in [-0.39, 0.29) is 13.1 Å². The van der Waals surface area contributed by atoms with Crippen molar-refractivity contribution in [1.29, 1.82) is 0 Å². The molecule has 0 amide bonds. The Morgan fingerprint density at radius 2 is 2.15 bits per heavy atom. The number of hydrogen-bond acceptors (Lipinski definition) is 4. The number of rotatable bonds is 2. The summed E-state index contributed by atoms with van der Waals surface area (Å²) in [7, 11) is -3.39. The molecule has 1 atom stereocenters. The quantitative estimate of drug-likeness (QED) is 0.408. The highest BCUT2D eigenvalue weighted by Crippen LogP contribution is 2.51. The second-order valence-electron chi connectivity index (χ2n) is 2.87. The van der Waals surface area contributed by atoms with Crippen LogP contribution in [0.15, 0.2) is 0 Å². The topological polar surface area (TPSA) is 110 Å². The van der Waals surface area contributed by atoms with E-state index in [1.54, 1.807) is 0 Å². The lowest BCUT2D eigenvalue weighted by Gasteiger charge is -2.31. The van der Waals surface area contributed by atoms with Gasteiger partial charge < -0.3 is 14.9 Å². The molecule has 1 fully saturated rings. The Labute approximate surface area is 74.5 Å². The van der Waals surface area contributed by atoms with Crippen LogP contribution in [0.3, 0.4) is 0 Å². The van der Waals surface area contributed by atoms with Crippen molar-refractivity contribution in [2.45, 2.75) is 5.40 Å². The van der Waals surface area contributed by atoms with E-state index in [9.17, 15) is 9.36 Å². The second-order valence-corrected chi connectivity index (χ2v) is 4.60. The van der Waals surface area contributed by atoms with Crippen LogP contribution in [0.4, 0.5) is 0 Å². The highest BCUT2D eigenvalue weighted by molar-refractivity contribution is 7.54. The molecule has 1 aliphatic rings.